The number of nitrogens with zero attached hydrogens (tertiary/aromatic N) is 1. The van der Waals surface area contributed by atoms with Crippen LogP contribution < -0.4 is 10.1 Å². The topological polar surface area (TPSA) is 45.0 Å². The van der Waals surface area contributed by atoms with Gasteiger partial charge in [-0.1, -0.05) is 0 Å². The molecule has 0 bridgehead atoms. The minimum atomic E-state index is 0.687. The van der Waals surface area contributed by atoms with Crippen LogP contribution in [0.3, 0.4) is 0 Å². The number of rotatable bonds is 5. The van der Waals surface area contributed by atoms with Crippen LogP contribution >= 0.6 is 11.8 Å². The Morgan fingerprint density at radius 2 is 2.21 bits per heavy atom. The maximum absolute atomic E-state index is 8.94. The van der Waals surface area contributed by atoms with E-state index in [9.17, 15) is 0 Å². The molecule has 0 aromatic heterocycles. The van der Waals surface area contributed by atoms with Gasteiger partial charge in [0.1, 0.15) is 5.75 Å². The first-order chi connectivity index (χ1) is 9.33. The summed E-state index contributed by atoms with van der Waals surface area (Å²) in [4.78, 5) is 0. The van der Waals surface area contributed by atoms with E-state index in [0.717, 1.165) is 30.3 Å². The molecule has 3 nitrogen and oxygen atoms in total. The van der Waals surface area contributed by atoms with Gasteiger partial charge in [0.25, 0.3) is 0 Å². The predicted octanol–water partition coefficient (Wildman–Crippen LogP) is 2.80. The van der Waals surface area contributed by atoms with Gasteiger partial charge in [-0.05, 0) is 55.0 Å². The zero-order valence-corrected chi connectivity index (χ0v) is 12.1. The minimum absolute atomic E-state index is 0.687. The Labute approximate surface area is 119 Å². The fourth-order valence-electron chi connectivity index (χ4n) is 2.35. The van der Waals surface area contributed by atoms with Crippen LogP contribution in [0.25, 0.3) is 0 Å². The SMILES string of the molecule is COc1ccc(C#N)cc1CNCC1CCSCC1. The van der Waals surface area contributed by atoms with E-state index in [2.05, 4.69) is 23.1 Å². The zero-order chi connectivity index (χ0) is 13.5. The lowest BCUT2D eigenvalue weighted by atomic mass is 10.0. The van der Waals surface area contributed by atoms with Gasteiger partial charge in [0, 0.05) is 12.1 Å². The fourth-order valence-corrected chi connectivity index (χ4v) is 3.55. The van der Waals surface area contributed by atoms with E-state index in [-0.39, 0.29) is 0 Å². The lowest BCUT2D eigenvalue weighted by Gasteiger charge is -2.21. The Morgan fingerprint density at radius 3 is 2.89 bits per heavy atom. The Morgan fingerprint density at radius 1 is 1.42 bits per heavy atom. The third kappa shape index (κ3) is 4.15. The molecule has 4 heteroatoms. The van der Waals surface area contributed by atoms with Gasteiger partial charge < -0.3 is 10.1 Å². The van der Waals surface area contributed by atoms with E-state index in [0.29, 0.717) is 5.56 Å². The van der Waals surface area contributed by atoms with Gasteiger partial charge in [-0.3, -0.25) is 0 Å². The fraction of sp³-hybridized carbons (Fsp3) is 0.533. The quantitative estimate of drug-likeness (QED) is 0.898. The lowest BCUT2D eigenvalue weighted by molar-refractivity contribution is 0.403. The van der Waals surface area contributed by atoms with Crippen molar-refractivity contribution in [1.29, 1.82) is 5.26 Å². The van der Waals surface area contributed by atoms with Crippen molar-refractivity contribution < 1.29 is 4.74 Å². The van der Waals surface area contributed by atoms with Crippen molar-refractivity contribution in [2.45, 2.75) is 19.4 Å². The summed E-state index contributed by atoms with van der Waals surface area (Å²) < 4.78 is 5.33. The molecule has 19 heavy (non-hydrogen) atoms. The molecular formula is C15H20N2OS. The van der Waals surface area contributed by atoms with Crippen LogP contribution in [0.2, 0.25) is 0 Å². The predicted molar refractivity (Wildman–Crippen MR) is 79.5 cm³/mol. The smallest absolute Gasteiger partial charge is 0.123 e. The highest BCUT2D eigenvalue weighted by atomic mass is 32.2. The van der Waals surface area contributed by atoms with Crippen LogP contribution in [0.5, 0.6) is 5.75 Å². The summed E-state index contributed by atoms with van der Waals surface area (Å²) >= 11 is 2.06. The lowest BCUT2D eigenvalue weighted by Crippen LogP contribution is -2.25. The average molecular weight is 276 g/mol. The second-order valence-corrected chi connectivity index (χ2v) is 6.05. The molecule has 1 aromatic carbocycles. The van der Waals surface area contributed by atoms with Gasteiger partial charge in [-0.15, -0.1) is 0 Å². The van der Waals surface area contributed by atoms with Crippen molar-refractivity contribution in [2.24, 2.45) is 5.92 Å². The monoisotopic (exact) mass is 276 g/mol. The highest BCUT2D eigenvalue weighted by Gasteiger charge is 2.13. The first-order valence-corrected chi connectivity index (χ1v) is 7.84. The molecule has 1 aromatic rings. The van der Waals surface area contributed by atoms with Crippen LogP contribution in [0.15, 0.2) is 18.2 Å². The van der Waals surface area contributed by atoms with Crippen LogP contribution in [-0.4, -0.2) is 25.2 Å². The highest BCUT2D eigenvalue weighted by Crippen LogP contribution is 2.23. The number of thioether (sulfide) groups is 1. The van der Waals surface area contributed by atoms with Gasteiger partial charge in [0.2, 0.25) is 0 Å². The summed E-state index contributed by atoms with van der Waals surface area (Å²) in [5, 5.41) is 12.4. The molecule has 1 aliphatic rings. The van der Waals surface area contributed by atoms with E-state index < -0.39 is 0 Å². The Kier molecular flexibility index (Phi) is 5.56. The number of nitriles is 1. The summed E-state index contributed by atoms with van der Waals surface area (Å²) in [5.41, 5.74) is 1.75. The third-order valence-electron chi connectivity index (χ3n) is 3.50. The third-order valence-corrected chi connectivity index (χ3v) is 4.55. The molecule has 0 saturated carbocycles. The summed E-state index contributed by atoms with van der Waals surface area (Å²) in [7, 11) is 1.67. The second kappa shape index (κ2) is 7.42. The van der Waals surface area contributed by atoms with Crippen molar-refractivity contribution in [3.8, 4) is 11.8 Å². The standard InChI is InChI=1S/C15H20N2OS/c1-18-15-3-2-13(9-16)8-14(15)11-17-10-12-4-6-19-7-5-12/h2-3,8,12,17H,4-7,10-11H2,1H3. The number of hydrogen-bond acceptors (Lipinski definition) is 4. The number of benzene rings is 1. The van der Waals surface area contributed by atoms with E-state index in [1.54, 1.807) is 13.2 Å². The van der Waals surface area contributed by atoms with Gasteiger partial charge in [-0.25, -0.2) is 0 Å². The second-order valence-electron chi connectivity index (χ2n) is 4.83. The molecule has 0 atom stereocenters. The first kappa shape index (κ1) is 14.2. The van der Waals surface area contributed by atoms with Crippen molar-refractivity contribution >= 4 is 11.8 Å². The van der Waals surface area contributed by atoms with E-state index in [1.807, 2.05) is 12.1 Å². The molecule has 0 amide bonds. The normalized spacial score (nSPS) is 16.0. The largest absolute Gasteiger partial charge is 0.496 e. The number of nitrogens with one attached hydrogen (secondary N) is 1. The Hall–Kier alpha value is -1.18. The van der Waals surface area contributed by atoms with Crippen LogP contribution in [0.4, 0.5) is 0 Å². The number of ether oxygens (including phenoxy) is 1. The minimum Gasteiger partial charge on any atom is -0.496 e. The van der Waals surface area contributed by atoms with E-state index >= 15 is 0 Å². The van der Waals surface area contributed by atoms with Crippen molar-refractivity contribution in [3.05, 3.63) is 29.3 Å². The van der Waals surface area contributed by atoms with Crippen molar-refractivity contribution in [2.75, 3.05) is 25.2 Å². The molecule has 0 radical (unpaired) electrons. The maximum atomic E-state index is 8.94. The molecule has 1 saturated heterocycles. The summed E-state index contributed by atoms with van der Waals surface area (Å²) in [6, 6.07) is 7.74. The maximum Gasteiger partial charge on any atom is 0.123 e. The van der Waals surface area contributed by atoms with Gasteiger partial charge in [-0.2, -0.15) is 17.0 Å². The van der Waals surface area contributed by atoms with Crippen LogP contribution in [0, 0.1) is 17.2 Å². The van der Waals surface area contributed by atoms with Gasteiger partial charge in [0.05, 0.1) is 18.7 Å². The Balaban J connectivity index is 1.89. The molecule has 1 fully saturated rings. The van der Waals surface area contributed by atoms with Crippen molar-refractivity contribution in [1.82, 2.24) is 5.32 Å². The van der Waals surface area contributed by atoms with Crippen LogP contribution in [0.1, 0.15) is 24.0 Å². The number of hydrogen-bond donors (Lipinski definition) is 1. The molecule has 102 valence electrons. The summed E-state index contributed by atoms with van der Waals surface area (Å²) in [6.07, 6.45) is 2.63. The number of methoxy groups -OCH3 is 1. The first-order valence-electron chi connectivity index (χ1n) is 6.69. The molecule has 2 rings (SSSR count). The van der Waals surface area contributed by atoms with E-state index in [4.69, 9.17) is 10.00 Å². The molecule has 1 heterocycles. The average Bonchev–Trinajstić information content (AvgIpc) is 2.48. The Bertz CT molecular complexity index is 450. The summed E-state index contributed by atoms with van der Waals surface area (Å²) in [5.74, 6) is 4.23. The zero-order valence-electron chi connectivity index (χ0n) is 11.3. The van der Waals surface area contributed by atoms with E-state index in [1.165, 1.54) is 24.3 Å². The molecule has 1 N–H and O–H groups in total. The molecule has 0 aliphatic carbocycles. The van der Waals surface area contributed by atoms with Gasteiger partial charge in [0.15, 0.2) is 0 Å². The molecule has 1 aliphatic heterocycles. The van der Waals surface area contributed by atoms with Gasteiger partial charge >= 0.3 is 0 Å². The summed E-state index contributed by atoms with van der Waals surface area (Å²) in [6.45, 7) is 1.82. The molecule has 0 spiro atoms. The molecule has 0 unspecified atom stereocenters. The highest BCUT2D eigenvalue weighted by molar-refractivity contribution is 7.99. The molecular weight excluding hydrogens is 256 g/mol. The van der Waals surface area contributed by atoms with Crippen LogP contribution in [-0.2, 0) is 6.54 Å². The van der Waals surface area contributed by atoms with Crippen molar-refractivity contribution in [3.63, 3.8) is 0 Å².